The molecule has 0 spiro atoms. The summed E-state index contributed by atoms with van der Waals surface area (Å²) in [5, 5.41) is 2.83. The highest BCUT2D eigenvalue weighted by Crippen LogP contribution is 2.28. The van der Waals surface area contributed by atoms with E-state index < -0.39 is 0 Å². The standard InChI is InChI=1S/C13H16ClNO2/c14-8-11-6-12(7-11)15-13(16)17-9-10-4-2-1-3-5-10/h1-5,11-12H,6-9H2,(H,15,16). The molecule has 1 aliphatic carbocycles. The molecular formula is C13H16ClNO2. The van der Waals surface area contributed by atoms with Crippen molar-refractivity contribution < 1.29 is 9.53 Å². The van der Waals surface area contributed by atoms with Gasteiger partial charge in [0.25, 0.3) is 0 Å². The van der Waals surface area contributed by atoms with E-state index in [4.69, 9.17) is 16.3 Å². The molecule has 1 aromatic carbocycles. The zero-order valence-electron chi connectivity index (χ0n) is 9.56. The molecule has 1 saturated carbocycles. The summed E-state index contributed by atoms with van der Waals surface area (Å²) in [7, 11) is 0. The lowest BCUT2D eigenvalue weighted by Crippen LogP contribution is -2.44. The Bertz CT molecular complexity index is 363. The van der Waals surface area contributed by atoms with E-state index in [-0.39, 0.29) is 12.1 Å². The first kappa shape index (κ1) is 12.2. The highest BCUT2D eigenvalue weighted by Gasteiger charge is 2.29. The SMILES string of the molecule is O=C(NC1CC(CCl)C1)OCc1ccccc1. The molecule has 0 heterocycles. The van der Waals surface area contributed by atoms with Crippen LogP contribution in [0.4, 0.5) is 4.79 Å². The van der Waals surface area contributed by atoms with Gasteiger partial charge in [-0.25, -0.2) is 4.79 Å². The Morgan fingerprint density at radius 2 is 2.06 bits per heavy atom. The van der Waals surface area contributed by atoms with Crippen molar-refractivity contribution in [3.05, 3.63) is 35.9 Å². The lowest BCUT2D eigenvalue weighted by atomic mass is 9.82. The van der Waals surface area contributed by atoms with Crippen LogP contribution in [0.15, 0.2) is 30.3 Å². The molecule has 1 fully saturated rings. The molecule has 0 aromatic heterocycles. The Hall–Kier alpha value is -1.22. The summed E-state index contributed by atoms with van der Waals surface area (Å²) in [5.74, 6) is 1.23. The molecule has 1 aliphatic rings. The van der Waals surface area contributed by atoms with Gasteiger partial charge in [0, 0.05) is 11.9 Å². The van der Waals surface area contributed by atoms with Crippen LogP contribution in [0.25, 0.3) is 0 Å². The molecule has 0 radical (unpaired) electrons. The van der Waals surface area contributed by atoms with Crippen molar-refractivity contribution in [1.82, 2.24) is 5.32 Å². The van der Waals surface area contributed by atoms with Gasteiger partial charge in [-0.2, -0.15) is 0 Å². The number of nitrogens with one attached hydrogen (secondary N) is 1. The van der Waals surface area contributed by atoms with Gasteiger partial charge in [-0.05, 0) is 24.3 Å². The second-order valence-corrected chi connectivity index (χ2v) is 4.70. The minimum absolute atomic E-state index is 0.238. The number of hydrogen-bond donors (Lipinski definition) is 1. The van der Waals surface area contributed by atoms with E-state index in [0.717, 1.165) is 18.4 Å². The quantitative estimate of drug-likeness (QED) is 0.838. The number of amides is 1. The molecule has 92 valence electrons. The van der Waals surface area contributed by atoms with Crippen molar-refractivity contribution in [2.45, 2.75) is 25.5 Å². The molecule has 0 unspecified atom stereocenters. The molecule has 2 rings (SSSR count). The van der Waals surface area contributed by atoms with Gasteiger partial charge in [0.2, 0.25) is 0 Å². The normalized spacial score (nSPS) is 22.6. The number of carbonyl (C=O) groups excluding carboxylic acids is 1. The first-order chi connectivity index (χ1) is 8.28. The summed E-state index contributed by atoms with van der Waals surface area (Å²) in [6.07, 6.45) is 1.58. The predicted molar refractivity (Wildman–Crippen MR) is 67.0 cm³/mol. The van der Waals surface area contributed by atoms with Gasteiger partial charge in [-0.15, -0.1) is 11.6 Å². The topological polar surface area (TPSA) is 38.3 Å². The van der Waals surface area contributed by atoms with Crippen molar-refractivity contribution in [2.75, 3.05) is 5.88 Å². The fraction of sp³-hybridized carbons (Fsp3) is 0.462. The molecule has 1 amide bonds. The van der Waals surface area contributed by atoms with E-state index in [1.807, 2.05) is 30.3 Å². The summed E-state index contributed by atoms with van der Waals surface area (Å²) in [4.78, 5) is 11.4. The first-order valence-corrected chi connectivity index (χ1v) is 6.34. The molecule has 0 aliphatic heterocycles. The minimum Gasteiger partial charge on any atom is -0.445 e. The zero-order valence-corrected chi connectivity index (χ0v) is 10.3. The molecule has 0 atom stereocenters. The number of alkyl halides is 1. The van der Waals surface area contributed by atoms with E-state index in [1.165, 1.54) is 0 Å². The number of rotatable bonds is 4. The maximum Gasteiger partial charge on any atom is 0.407 e. The second-order valence-electron chi connectivity index (χ2n) is 4.39. The van der Waals surface area contributed by atoms with Crippen LogP contribution in [-0.2, 0) is 11.3 Å². The molecule has 0 saturated heterocycles. The number of alkyl carbamates (subject to hydrolysis) is 1. The Labute approximate surface area is 106 Å². The molecule has 17 heavy (non-hydrogen) atoms. The van der Waals surface area contributed by atoms with Gasteiger partial charge < -0.3 is 10.1 Å². The van der Waals surface area contributed by atoms with Gasteiger partial charge in [-0.3, -0.25) is 0 Å². The smallest absolute Gasteiger partial charge is 0.407 e. The first-order valence-electron chi connectivity index (χ1n) is 5.81. The summed E-state index contributed by atoms with van der Waals surface area (Å²) in [5.41, 5.74) is 0.995. The van der Waals surface area contributed by atoms with E-state index >= 15 is 0 Å². The van der Waals surface area contributed by atoms with Crippen LogP contribution in [0, 0.1) is 5.92 Å². The fourth-order valence-electron chi connectivity index (χ4n) is 1.91. The fourth-order valence-corrected chi connectivity index (χ4v) is 2.16. The van der Waals surface area contributed by atoms with Gasteiger partial charge in [-0.1, -0.05) is 30.3 Å². The Morgan fingerprint density at radius 1 is 1.35 bits per heavy atom. The molecule has 0 bridgehead atoms. The molecular weight excluding hydrogens is 238 g/mol. The third kappa shape index (κ3) is 3.63. The van der Waals surface area contributed by atoms with Gasteiger partial charge in [0.15, 0.2) is 0 Å². The highest BCUT2D eigenvalue weighted by molar-refractivity contribution is 6.18. The molecule has 3 nitrogen and oxygen atoms in total. The monoisotopic (exact) mass is 253 g/mol. The van der Waals surface area contributed by atoms with Gasteiger partial charge >= 0.3 is 6.09 Å². The summed E-state index contributed by atoms with van der Waals surface area (Å²) < 4.78 is 5.12. The number of benzene rings is 1. The van der Waals surface area contributed by atoms with Gasteiger partial charge in [0.1, 0.15) is 6.61 Å². The van der Waals surface area contributed by atoms with Crippen LogP contribution < -0.4 is 5.32 Å². The Balaban J connectivity index is 1.65. The maximum atomic E-state index is 11.4. The maximum absolute atomic E-state index is 11.4. The van der Waals surface area contributed by atoms with E-state index in [9.17, 15) is 4.79 Å². The average Bonchev–Trinajstić information content (AvgIpc) is 2.32. The summed E-state index contributed by atoms with van der Waals surface area (Å²) in [6, 6.07) is 9.88. The third-order valence-corrected chi connectivity index (χ3v) is 3.43. The van der Waals surface area contributed by atoms with Crippen LogP contribution in [0.1, 0.15) is 18.4 Å². The van der Waals surface area contributed by atoms with Crippen molar-refractivity contribution in [3.63, 3.8) is 0 Å². The van der Waals surface area contributed by atoms with Gasteiger partial charge in [0.05, 0.1) is 0 Å². The van der Waals surface area contributed by atoms with Crippen molar-refractivity contribution in [2.24, 2.45) is 5.92 Å². The number of ether oxygens (including phenoxy) is 1. The number of carbonyl (C=O) groups is 1. The van der Waals surface area contributed by atoms with Crippen molar-refractivity contribution in [1.29, 1.82) is 0 Å². The lowest BCUT2D eigenvalue weighted by molar-refractivity contribution is 0.124. The van der Waals surface area contributed by atoms with E-state index in [2.05, 4.69) is 5.32 Å². The zero-order chi connectivity index (χ0) is 12.1. The summed E-state index contributed by atoms with van der Waals surface area (Å²) in [6.45, 7) is 0.318. The average molecular weight is 254 g/mol. The molecule has 1 aromatic rings. The van der Waals surface area contributed by atoms with Crippen LogP contribution in [-0.4, -0.2) is 18.0 Å². The van der Waals surface area contributed by atoms with Crippen molar-refractivity contribution >= 4 is 17.7 Å². The van der Waals surface area contributed by atoms with Crippen LogP contribution in [0.3, 0.4) is 0 Å². The molecule has 1 N–H and O–H groups in total. The Kier molecular flexibility index (Phi) is 4.26. The van der Waals surface area contributed by atoms with Crippen LogP contribution >= 0.6 is 11.6 Å². The summed E-state index contributed by atoms with van der Waals surface area (Å²) >= 11 is 5.70. The number of halogens is 1. The second kappa shape index (κ2) is 5.92. The largest absolute Gasteiger partial charge is 0.445 e. The third-order valence-electron chi connectivity index (χ3n) is 2.99. The van der Waals surface area contributed by atoms with Crippen molar-refractivity contribution in [3.8, 4) is 0 Å². The predicted octanol–water partition coefficient (Wildman–Crippen LogP) is 2.93. The highest BCUT2D eigenvalue weighted by atomic mass is 35.5. The van der Waals surface area contributed by atoms with Crippen LogP contribution in [0.5, 0.6) is 0 Å². The molecule has 4 heteroatoms. The lowest BCUT2D eigenvalue weighted by Gasteiger charge is -2.34. The Morgan fingerprint density at radius 3 is 2.71 bits per heavy atom. The van der Waals surface area contributed by atoms with Crippen LogP contribution in [0.2, 0.25) is 0 Å². The van der Waals surface area contributed by atoms with E-state index in [1.54, 1.807) is 0 Å². The van der Waals surface area contributed by atoms with E-state index in [0.29, 0.717) is 18.4 Å². The number of hydrogen-bond acceptors (Lipinski definition) is 2. The minimum atomic E-state index is -0.341.